The van der Waals surface area contributed by atoms with Gasteiger partial charge in [0.05, 0.1) is 5.92 Å². The van der Waals surface area contributed by atoms with Crippen LogP contribution in [0.4, 0.5) is 4.39 Å². The molecule has 120 valence electrons. The fourth-order valence-electron chi connectivity index (χ4n) is 3.21. The Hall–Kier alpha value is -1.58. The predicted octanol–water partition coefficient (Wildman–Crippen LogP) is 4.01. The molecule has 1 aromatic carbocycles. The summed E-state index contributed by atoms with van der Waals surface area (Å²) in [5, 5.41) is 0. The number of carbonyl (C=O) groups excluding carboxylic acids is 1. The topological polar surface area (TPSA) is 35.5 Å². The van der Waals surface area contributed by atoms with Crippen molar-refractivity contribution in [3.05, 3.63) is 29.8 Å². The van der Waals surface area contributed by atoms with Gasteiger partial charge in [-0.2, -0.15) is 0 Å². The first-order valence-electron chi connectivity index (χ1n) is 8.05. The number of esters is 1. The molecule has 0 saturated heterocycles. The van der Waals surface area contributed by atoms with Gasteiger partial charge < -0.3 is 9.47 Å². The highest BCUT2D eigenvalue weighted by Crippen LogP contribution is 2.41. The fourth-order valence-corrected chi connectivity index (χ4v) is 3.21. The minimum Gasteiger partial charge on any atom is -0.488 e. The van der Waals surface area contributed by atoms with Gasteiger partial charge >= 0.3 is 5.97 Å². The molecule has 0 spiro atoms. The van der Waals surface area contributed by atoms with E-state index in [1.807, 2.05) is 38.1 Å². The Kier molecular flexibility index (Phi) is 4.11. The Morgan fingerprint density at radius 1 is 1.41 bits per heavy atom. The fraction of sp³-hybridized carbons (Fsp3) is 0.611. The highest BCUT2D eigenvalue weighted by Gasteiger charge is 2.38. The second-order valence-electron chi connectivity index (χ2n) is 6.99. The van der Waals surface area contributed by atoms with Crippen molar-refractivity contribution < 1.29 is 18.7 Å². The number of carbonyl (C=O) groups is 1. The van der Waals surface area contributed by atoms with Gasteiger partial charge in [0.25, 0.3) is 0 Å². The number of benzene rings is 1. The van der Waals surface area contributed by atoms with E-state index in [1.165, 1.54) is 0 Å². The number of rotatable bonds is 4. The van der Waals surface area contributed by atoms with Gasteiger partial charge in [-0.05, 0) is 38.7 Å². The minimum atomic E-state index is -1.03. The molecule has 0 radical (unpaired) electrons. The van der Waals surface area contributed by atoms with Crippen LogP contribution in [0.15, 0.2) is 24.3 Å². The highest BCUT2D eigenvalue weighted by atomic mass is 19.1. The molecule has 4 heteroatoms. The van der Waals surface area contributed by atoms with E-state index in [-0.39, 0.29) is 24.4 Å². The number of alkyl halides is 1. The summed E-state index contributed by atoms with van der Waals surface area (Å²) in [6, 6.07) is 7.52. The lowest BCUT2D eigenvalue weighted by molar-refractivity contribution is -0.150. The summed E-state index contributed by atoms with van der Waals surface area (Å²) < 4.78 is 25.1. The van der Waals surface area contributed by atoms with Gasteiger partial charge in [0, 0.05) is 12.0 Å². The average molecular weight is 306 g/mol. The van der Waals surface area contributed by atoms with E-state index in [2.05, 4.69) is 0 Å². The van der Waals surface area contributed by atoms with Crippen LogP contribution in [-0.2, 0) is 9.53 Å². The van der Waals surface area contributed by atoms with Crippen LogP contribution in [-0.4, -0.2) is 24.3 Å². The summed E-state index contributed by atoms with van der Waals surface area (Å²) in [4.78, 5) is 12.4. The second kappa shape index (κ2) is 5.90. The summed E-state index contributed by atoms with van der Waals surface area (Å²) in [5.41, 5.74) is 0.409. The summed E-state index contributed by atoms with van der Waals surface area (Å²) in [5.74, 6) is 0.0713. The monoisotopic (exact) mass is 306 g/mol. The molecule has 2 atom stereocenters. The zero-order valence-electron chi connectivity index (χ0n) is 13.2. The van der Waals surface area contributed by atoms with E-state index in [0.717, 1.165) is 30.6 Å². The van der Waals surface area contributed by atoms with Crippen molar-refractivity contribution in [2.75, 3.05) is 6.61 Å². The molecule has 2 unspecified atom stereocenters. The number of hydrogen-bond acceptors (Lipinski definition) is 3. The number of halogens is 1. The first-order chi connectivity index (χ1) is 10.5. The Morgan fingerprint density at radius 3 is 2.82 bits per heavy atom. The van der Waals surface area contributed by atoms with Crippen LogP contribution in [0.3, 0.4) is 0 Å². The van der Waals surface area contributed by atoms with Crippen LogP contribution in [0.5, 0.6) is 5.75 Å². The van der Waals surface area contributed by atoms with E-state index in [0.29, 0.717) is 6.42 Å². The van der Waals surface area contributed by atoms with Crippen molar-refractivity contribution >= 4 is 5.97 Å². The van der Waals surface area contributed by atoms with Crippen molar-refractivity contribution in [2.45, 2.75) is 57.2 Å². The third-order valence-electron chi connectivity index (χ3n) is 4.71. The largest absolute Gasteiger partial charge is 0.488 e. The molecule has 0 bridgehead atoms. The van der Waals surface area contributed by atoms with Crippen molar-refractivity contribution in [2.24, 2.45) is 5.92 Å². The molecule has 22 heavy (non-hydrogen) atoms. The van der Waals surface area contributed by atoms with E-state index in [9.17, 15) is 9.18 Å². The summed E-state index contributed by atoms with van der Waals surface area (Å²) in [6.45, 7) is 3.79. The maximum absolute atomic E-state index is 13.9. The summed E-state index contributed by atoms with van der Waals surface area (Å²) in [7, 11) is 0. The molecule has 0 amide bonds. The normalized spacial score (nSPS) is 24.6. The lowest BCUT2D eigenvalue weighted by atomic mass is 9.82. The molecular formula is C18H23FO3. The van der Waals surface area contributed by atoms with E-state index in [4.69, 9.17) is 9.47 Å². The predicted molar refractivity (Wildman–Crippen MR) is 81.7 cm³/mol. The lowest BCUT2D eigenvalue weighted by Gasteiger charge is -2.36. The van der Waals surface area contributed by atoms with Gasteiger partial charge in [-0.1, -0.05) is 24.6 Å². The zero-order valence-corrected chi connectivity index (χ0v) is 13.2. The molecule has 3 rings (SSSR count). The third kappa shape index (κ3) is 3.11. The number of para-hydroxylation sites is 1. The maximum Gasteiger partial charge on any atom is 0.313 e. The highest BCUT2D eigenvalue weighted by molar-refractivity contribution is 5.79. The van der Waals surface area contributed by atoms with Crippen LogP contribution in [0.2, 0.25) is 0 Å². The minimum absolute atomic E-state index is 0.0752. The quantitative estimate of drug-likeness (QED) is 0.788. The zero-order chi connectivity index (χ0) is 15.7. The number of hydrogen-bond donors (Lipinski definition) is 0. The molecule has 1 aliphatic carbocycles. The van der Waals surface area contributed by atoms with Crippen LogP contribution in [0.25, 0.3) is 0 Å². The number of ether oxygens (including phenoxy) is 2. The maximum atomic E-state index is 13.9. The SMILES string of the molecule is CC1(C)CC(C(=O)OCC(F)C2CCC2)c2ccccc2O1. The van der Waals surface area contributed by atoms with Gasteiger partial charge in [-0.3, -0.25) is 4.79 Å². The van der Waals surface area contributed by atoms with E-state index < -0.39 is 11.8 Å². The first kappa shape index (κ1) is 15.3. The average Bonchev–Trinajstić information content (AvgIpc) is 2.41. The smallest absolute Gasteiger partial charge is 0.313 e. The van der Waals surface area contributed by atoms with Gasteiger partial charge in [-0.15, -0.1) is 0 Å². The molecule has 1 fully saturated rings. The molecule has 0 aromatic heterocycles. The molecule has 1 aliphatic heterocycles. The van der Waals surface area contributed by atoms with Crippen LogP contribution in [0, 0.1) is 5.92 Å². The van der Waals surface area contributed by atoms with Gasteiger partial charge in [-0.25, -0.2) is 4.39 Å². The summed E-state index contributed by atoms with van der Waals surface area (Å²) in [6.07, 6.45) is 2.42. The molecular weight excluding hydrogens is 283 g/mol. The van der Waals surface area contributed by atoms with Crippen LogP contribution < -0.4 is 4.74 Å². The van der Waals surface area contributed by atoms with Gasteiger partial charge in [0.15, 0.2) is 0 Å². The molecule has 1 saturated carbocycles. The Morgan fingerprint density at radius 2 is 2.14 bits per heavy atom. The van der Waals surface area contributed by atoms with Gasteiger partial charge in [0.1, 0.15) is 24.1 Å². The summed E-state index contributed by atoms with van der Waals surface area (Å²) >= 11 is 0. The molecule has 0 N–H and O–H groups in total. The van der Waals surface area contributed by atoms with Crippen LogP contribution >= 0.6 is 0 Å². The van der Waals surface area contributed by atoms with Crippen molar-refractivity contribution in [1.29, 1.82) is 0 Å². The Bertz CT molecular complexity index is 551. The molecule has 2 aliphatic rings. The third-order valence-corrected chi connectivity index (χ3v) is 4.71. The Labute approximate surface area is 130 Å². The Balaban J connectivity index is 1.68. The van der Waals surface area contributed by atoms with Crippen LogP contribution in [0.1, 0.15) is 51.0 Å². The molecule has 1 aromatic rings. The lowest BCUT2D eigenvalue weighted by Crippen LogP contribution is -2.38. The molecule has 1 heterocycles. The van der Waals surface area contributed by atoms with E-state index >= 15 is 0 Å². The molecule has 3 nitrogen and oxygen atoms in total. The number of fused-ring (bicyclic) bond motifs is 1. The van der Waals surface area contributed by atoms with Crippen molar-refractivity contribution in [3.63, 3.8) is 0 Å². The second-order valence-corrected chi connectivity index (χ2v) is 6.99. The van der Waals surface area contributed by atoms with Crippen molar-refractivity contribution in [1.82, 2.24) is 0 Å². The van der Waals surface area contributed by atoms with E-state index in [1.54, 1.807) is 0 Å². The van der Waals surface area contributed by atoms with Crippen molar-refractivity contribution in [3.8, 4) is 5.75 Å². The van der Waals surface area contributed by atoms with Gasteiger partial charge in [0.2, 0.25) is 0 Å². The first-order valence-corrected chi connectivity index (χ1v) is 8.05. The standard InChI is InChI=1S/C18H23FO3/c1-18(2)10-14(13-8-3-4-9-16(13)22-18)17(20)21-11-15(19)12-6-5-7-12/h3-4,8-9,12,14-15H,5-7,10-11H2,1-2H3.